The van der Waals surface area contributed by atoms with Crippen LogP contribution in [-0.4, -0.2) is 43.1 Å². The summed E-state index contributed by atoms with van der Waals surface area (Å²) in [6, 6.07) is 10.8. The van der Waals surface area contributed by atoms with E-state index in [1.807, 2.05) is 24.3 Å². The molecule has 0 saturated carbocycles. The summed E-state index contributed by atoms with van der Waals surface area (Å²) in [5, 5.41) is 0. The molecule has 2 aromatic rings. The van der Waals surface area contributed by atoms with Gasteiger partial charge in [-0.2, -0.15) is 0 Å². The molecule has 1 amide bonds. The van der Waals surface area contributed by atoms with E-state index in [-0.39, 0.29) is 5.91 Å². The molecule has 1 aromatic carbocycles. The third-order valence-electron chi connectivity index (χ3n) is 3.20. The van der Waals surface area contributed by atoms with Crippen LogP contribution < -0.4 is 4.74 Å². The molecule has 6 heteroatoms. The maximum atomic E-state index is 12.6. The lowest BCUT2D eigenvalue weighted by molar-refractivity contribution is 0.0776. The zero-order chi connectivity index (χ0) is 16.7. The van der Waals surface area contributed by atoms with E-state index in [1.165, 1.54) is 0 Å². The minimum atomic E-state index is -0.126. The number of ether oxygens (including phenoxy) is 2. The van der Waals surface area contributed by atoms with E-state index in [2.05, 4.69) is 20.9 Å². The normalized spacial score (nSPS) is 10.4. The molecule has 23 heavy (non-hydrogen) atoms. The molecule has 0 aliphatic carbocycles. The Morgan fingerprint density at radius 2 is 2.13 bits per heavy atom. The number of halogens is 1. The first-order chi connectivity index (χ1) is 11.1. The van der Waals surface area contributed by atoms with Gasteiger partial charge in [0.15, 0.2) is 0 Å². The van der Waals surface area contributed by atoms with Gasteiger partial charge in [-0.1, -0.05) is 22.0 Å². The Balaban J connectivity index is 2.15. The van der Waals surface area contributed by atoms with Gasteiger partial charge in [-0.25, -0.2) is 4.98 Å². The topological polar surface area (TPSA) is 51.7 Å². The zero-order valence-electron chi connectivity index (χ0n) is 13.2. The van der Waals surface area contributed by atoms with Gasteiger partial charge in [-0.15, -0.1) is 0 Å². The first kappa shape index (κ1) is 17.4. The summed E-state index contributed by atoms with van der Waals surface area (Å²) < 4.78 is 11.7. The Bertz CT molecular complexity index is 664. The summed E-state index contributed by atoms with van der Waals surface area (Å²) in [4.78, 5) is 18.4. The maximum absolute atomic E-state index is 12.6. The second-order valence-electron chi connectivity index (χ2n) is 4.99. The fourth-order valence-corrected chi connectivity index (χ4v) is 2.41. The van der Waals surface area contributed by atoms with Gasteiger partial charge < -0.3 is 14.4 Å². The zero-order valence-corrected chi connectivity index (χ0v) is 14.7. The summed E-state index contributed by atoms with van der Waals surface area (Å²) in [6.45, 7) is 1.23. The molecule has 2 rings (SSSR count). The number of benzene rings is 1. The van der Waals surface area contributed by atoms with Gasteiger partial charge in [0.1, 0.15) is 11.3 Å². The molecule has 0 aliphatic heterocycles. The Kier molecular flexibility index (Phi) is 6.55. The van der Waals surface area contributed by atoms with E-state index in [0.29, 0.717) is 30.3 Å². The minimum Gasteiger partial charge on any atom is -0.438 e. The van der Waals surface area contributed by atoms with Gasteiger partial charge in [-0.05, 0) is 36.8 Å². The lowest BCUT2D eigenvalue weighted by Crippen LogP contribution is -2.28. The SMILES string of the molecule is COCCCN(C)C(=O)c1cccnc1Oc1cccc(Br)c1. The maximum Gasteiger partial charge on any atom is 0.259 e. The molecule has 1 heterocycles. The summed E-state index contributed by atoms with van der Waals surface area (Å²) in [5.41, 5.74) is 0.437. The number of hydrogen-bond acceptors (Lipinski definition) is 4. The van der Waals surface area contributed by atoms with Crippen molar-refractivity contribution in [3.8, 4) is 11.6 Å². The molecule has 0 fully saturated rings. The Labute approximate surface area is 144 Å². The van der Waals surface area contributed by atoms with Gasteiger partial charge in [0.25, 0.3) is 5.91 Å². The molecular formula is C17H19BrN2O3. The number of aromatic nitrogens is 1. The number of amides is 1. The van der Waals surface area contributed by atoms with Crippen molar-refractivity contribution in [1.82, 2.24) is 9.88 Å². The molecule has 1 aromatic heterocycles. The fourth-order valence-electron chi connectivity index (χ4n) is 2.03. The highest BCUT2D eigenvalue weighted by Crippen LogP contribution is 2.26. The van der Waals surface area contributed by atoms with Gasteiger partial charge in [-0.3, -0.25) is 4.79 Å². The molecule has 122 valence electrons. The van der Waals surface area contributed by atoms with E-state index < -0.39 is 0 Å². The predicted molar refractivity (Wildman–Crippen MR) is 91.9 cm³/mol. The first-order valence-electron chi connectivity index (χ1n) is 7.24. The van der Waals surface area contributed by atoms with Gasteiger partial charge in [0.05, 0.1) is 0 Å². The monoisotopic (exact) mass is 378 g/mol. The van der Waals surface area contributed by atoms with Crippen LogP contribution in [0.5, 0.6) is 11.6 Å². The Hall–Kier alpha value is -1.92. The number of nitrogens with zero attached hydrogens (tertiary/aromatic N) is 2. The third kappa shape index (κ3) is 5.04. The van der Waals surface area contributed by atoms with Crippen LogP contribution in [-0.2, 0) is 4.74 Å². The predicted octanol–water partition coefficient (Wildman–Crippen LogP) is 3.74. The van der Waals surface area contributed by atoms with Crippen molar-refractivity contribution in [2.75, 3.05) is 27.3 Å². The smallest absolute Gasteiger partial charge is 0.259 e. The minimum absolute atomic E-state index is 0.126. The van der Waals surface area contributed by atoms with Crippen molar-refractivity contribution < 1.29 is 14.3 Å². The average Bonchev–Trinajstić information content (AvgIpc) is 2.55. The van der Waals surface area contributed by atoms with Crippen LogP contribution in [0.2, 0.25) is 0 Å². The largest absolute Gasteiger partial charge is 0.438 e. The first-order valence-corrected chi connectivity index (χ1v) is 8.04. The fraction of sp³-hybridized carbons (Fsp3) is 0.294. The molecule has 0 bridgehead atoms. The van der Waals surface area contributed by atoms with Crippen LogP contribution in [0.25, 0.3) is 0 Å². The lowest BCUT2D eigenvalue weighted by Gasteiger charge is -2.18. The Morgan fingerprint density at radius 3 is 2.87 bits per heavy atom. The van der Waals surface area contributed by atoms with Crippen molar-refractivity contribution >= 4 is 21.8 Å². The molecule has 5 nitrogen and oxygen atoms in total. The molecule has 0 aliphatic rings. The number of carbonyl (C=O) groups is 1. The average molecular weight is 379 g/mol. The van der Waals surface area contributed by atoms with Crippen LogP contribution in [0.1, 0.15) is 16.8 Å². The highest BCUT2D eigenvalue weighted by atomic mass is 79.9. The quantitative estimate of drug-likeness (QED) is 0.688. The van der Waals surface area contributed by atoms with E-state index in [0.717, 1.165) is 10.9 Å². The molecular weight excluding hydrogens is 360 g/mol. The van der Waals surface area contributed by atoms with Gasteiger partial charge in [0.2, 0.25) is 5.88 Å². The van der Waals surface area contributed by atoms with Crippen molar-refractivity contribution in [3.05, 3.63) is 52.6 Å². The number of hydrogen-bond donors (Lipinski definition) is 0. The van der Waals surface area contributed by atoms with Crippen LogP contribution >= 0.6 is 15.9 Å². The second-order valence-corrected chi connectivity index (χ2v) is 5.90. The van der Waals surface area contributed by atoms with Crippen LogP contribution in [0, 0.1) is 0 Å². The Morgan fingerprint density at radius 1 is 1.30 bits per heavy atom. The van der Waals surface area contributed by atoms with E-state index in [4.69, 9.17) is 9.47 Å². The number of rotatable bonds is 7. The molecule has 0 atom stereocenters. The lowest BCUT2D eigenvalue weighted by atomic mass is 10.2. The van der Waals surface area contributed by atoms with Crippen LogP contribution in [0.15, 0.2) is 47.1 Å². The second kappa shape index (κ2) is 8.64. The van der Waals surface area contributed by atoms with Gasteiger partial charge in [0, 0.05) is 38.0 Å². The van der Waals surface area contributed by atoms with Crippen LogP contribution in [0.3, 0.4) is 0 Å². The third-order valence-corrected chi connectivity index (χ3v) is 3.69. The van der Waals surface area contributed by atoms with Crippen LogP contribution in [0.4, 0.5) is 0 Å². The molecule has 0 saturated heterocycles. The highest BCUT2D eigenvalue weighted by Gasteiger charge is 2.18. The summed E-state index contributed by atoms with van der Waals surface area (Å²) in [7, 11) is 3.40. The summed E-state index contributed by atoms with van der Waals surface area (Å²) in [5.74, 6) is 0.794. The van der Waals surface area contributed by atoms with E-state index >= 15 is 0 Å². The molecule has 0 spiro atoms. The van der Waals surface area contributed by atoms with Crippen molar-refractivity contribution in [1.29, 1.82) is 0 Å². The molecule has 0 N–H and O–H groups in total. The van der Waals surface area contributed by atoms with Crippen molar-refractivity contribution in [3.63, 3.8) is 0 Å². The summed E-state index contributed by atoms with van der Waals surface area (Å²) >= 11 is 3.39. The molecule has 0 radical (unpaired) electrons. The molecule has 0 unspecified atom stereocenters. The number of methoxy groups -OCH3 is 1. The number of carbonyl (C=O) groups excluding carboxylic acids is 1. The van der Waals surface area contributed by atoms with Gasteiger partial charge >= 0.3 is 0 Å². The number of pyridine rings is 1. The van der Waals surface area contributed by atoms with E-state index in [9.17, 15) is 4.79 Å². The van der Waals surface area contributed by atoms with E-state index in [1.54, 1.807) is 37.4 Å². The summed E-state index contributed by atoms with van der Waals surface area (Å²) in [6.07, 6.45) is 2.38. The van der Waals surface area contributed by atoms with Crippen molar-refractivity contribution in [2.45, 2.75) is 6.42 Å². The standard InChI is InChI=1S/C17H19BrN2O3/c1-20(10-5-11-22-2)17(21)15-8-4-9-19-16(15)23-14-7-3-6-13(18)12-14/h3-4,6-9,12H,5,10-11H2,1-2H3. The van der Waals surface area contributed by atoms with Crippen molar-refractivity contribution in [2.24, 2.45) is 0 Å². The highest BCUT2D eigenvalue weighted by molar-refractivity contribution is 9.10.